The van der Waals surface area contributed by atoms with Crippen molar-refractivity contribution in [3.05, 3.63) is 0 Å². The van der Waals surface area contributed by atoms with Crippen molar-refractivity contribution < 1.29 is 4.74 Å². The maximum absolute atomic E-state index is 5.03. The monoisotopic (exact) mass is 159 g/mol. The van der Waals surface area contributed by atoms with Gasteiger partial charge in [0.15, 0.2) is 0 Å². The van der Waals surface area contributed by atoms with Gasteiger partial charge in [-0.2, -0.15) is 0 Å². The Balaban J connectivity index is 3.51. The molecule has 11 heavy (non-hydrogen) atoms. The number of nitrogens with one attached hydrogen (secondary N) is 1. The molecule has 0 aliphatic heterocycles. The second-order valence-corrected chi connectivity index (χ2v) is 3.19. The maximum Gasteiger partial charge on any atom is 0.0477 e. The lowest BCUT2D eigenvalue weighted by Gasteiger charge is -2.20. The molecule has 0 aromatic carbocycles. The van der Waals surface area contributed by atoms with Gasteiger partial charge in [-0.1, -0.05) is 20.8 Å². The Kier molecular flexibility index (Phi) is 6.57. The van der Waals surface area contributed by atoms with Gasteiger partial charge in [0.1, 0.15) is 0 Å². The fourth-order valence-electron chi connectivity index (χ4n) is 1.18. The Labute approximate surface area is 70.3 Å². The van der Waals surface area contributed by atoms with Crippen LogP contribution < -0.4 is 5.32 Å². The first-order valence-corrected chi connectivity index (χ1v) is 4.44. The normalized spacial score (nSPS) is 13.9. The second-order valence-electron chi connectivity index (χ2n) is 3.19. The zero-order valence-corrected chi connectivity index (χ0v) is 8.18. The third-order valence-corrected chi connectivity index (χ3v) is 1.90. The van der Waals surface area contributed by atoms with E-state index in [2.05, 4.69) is 26.1 Å². The fraction of sp³-hybridized carbons (Fsp3) is 1.00. The van der Waals surface area contributed by atoms with E-state index in [4.69, 9.17) is 4.74 Å². The van der Waals surface area contributed by atoms with Crippen molar-refractivity contribution in [2.24, 2.45) is 5.92 Å². The van der Waals surface area contributed by atoms with E-state index in [0.29, 0.717) is 12.0 Å². The van der Waals surface area contributed by atoms with Gasteiger partial charge >= 0.3 is 0 Å². The average molecular weight is 159 g/mol. The molecule has 1 unspecified atom stereocenters. The van der Waals surface area contributed by atoms with Crippen LogP contribution in [-0.2, 0) is 4.74 Å². The molecule has 0 saturated heterocycles. The third-order valence-electron chi connectivity index (χ3n) is 1.90. The van der Waals surface area contributed by atoms with Crippen molar-refractivity contribution in [2.75, 3.05) is 20.3 Å². The van der Waals surface area contributed by atoms with Crippen molar-refractivity contribution >= 4 is 0 Å². The van der Waals surface area contributed by atoms with Crippen LogP contribution in [0.3, 0.4) is 0 Å². The van der Waals surface area contributed by atoms with E-state index in [1.165, 1.54) is 0 Å². The highest BCUT2D eigenvalue weighted by molar-refractivity contribution is 4.68. The van der Waals surface area contributed by atoms with Gasteiger partial charge in [-0.25, -0.2) is 0 Å². The van der Waals surface area contributed by atoms with Crippen molar-refractivity contribution in [3.8, 4) is 0 Å². The second kappa shape index (κ2) is 6.62. The van der Waals surface area contributed by atoms with Gasteiger partial charge < -0.3 is 10.1 Å². The summed E-state index contributed by atoms with van der Waals surface area (Å²) >= 11 is 0. The first kappa shape index (κ1) is 10.9. The lowest BCUT2D eigenvalue weighted by Crippen LogP contribution is -2.34. The van der Waals surface area contributed by atoms with Crippen LogP contribution >= 0.6 is 0 Å². The minimum atomic E-state index is 0.611. The Morgan fingerprint density at radius 3 is 2.36 bits per heavy atom. The van der Waals surface area contributed by atoms with Gasteiger partial charge in [-0.15, -0.1) is 0 Å². The highest BCUT2D eigenvalue weighted by atomic mass is 16.5. The Hall–Kier alpha value is -0.0800. The summed E-state index contributed by atoms with van der Waals surface area (Å²) in [6.45, 7) is 8.52. The van der Waals surface area contributed by atoms with E-state index in [9.17, 15) is 0 Å². The molecular formula is C9H21NO. The summed E-state index contributed by atoms with van der Waals surface area (Å²) in [4.78, 5) is 0. The summed E-state index contributed by atoms with van der Waals surface area (Å²) < 4.78 is 5.03. The van der Waals surface area contributed by atoms with Crippen LogP contribution in [0.4, 0.5) is 0 Å². The minimum absolute atomic E-state index is 0.611. The number of methoxy groups -OCH3 is 1. The number of hydrogen-bond acceptors (Lipinski definition) is 2. The molecule has 0 amide bonds. The molecule has 0 aromatic heterocycles. The molecule has 0 spiro atoms. The summed E-state index contributed by atoms with van der Waals surface area (Å²) in [7, 11) is 1.75. The molecule has 0 fully saturated rings. The molecule has 0 rings (SSSR count). The van der Waals surface area contributed by atoms with Crippen molar-refractivity contribution in [2.45, 2.75) is 33.2 Å². The average Bonchev–Trinajstić information content (AvgIpc) is 1.97. The van der Waals surface area contributed by atoms with Gasteiger partial charge in [-0.05, 0) is 18.9 Å². The lowest BCUT2D eigenvalue weighted by molar-refractivity contribution is 0.174. The fourth-order valence-corrected chi connectivity index (χ4v) is 1.18. The van der Waals surface area contributed by atoms with Crippen molar-refractivity contribution in [1.82, 2.24) is 5.32 Å². The predicted octanol–water partition coefficient (Wildman–Crippen LogP) is 1.66. The molecule has 0 aliphatic rings. The van der Waals surface area contributed by atoms with Crippen molar-refractivity contribution in [3.63, 3.8) is 0 Å². The molecule has 0 heterocycles. The molecule has 0 bridgehead atoms. The summed E-state index contributed by atoms with van der Waals surface area (Å²) in [5.74, 6) is 0.699. The molecular weight excluding hydrogens is 138 g/mol. The molecule has 0 aromatic rings. The van der Waals surface area contributed by atoms with Gasteiger partial charge in [0, 0.05) is 19.8 Å². The van der Waals surface area contributed by atoms with Crippen LogP contribution in [0.1, 0.15) is 27.2 Å². The topological polar surface area (TPSA) is 21.3 Å². The van der Waals surface area contributed by atoms with Gasteiger partial charge in [0.05, 0.1) is 0 Å². The summed E-state index contributed by atoms with van der Waals surface area (Å²) in [5.41, 5.74) is 0. The summed E-state index contributed by atoms with van der Waals surface area (Å²) in [6, 6.07) is 0.611. The Bertz CT molecular complexity index is 83.6. The van der Waals surface area contributed by atoms with Gasteiger partial charge in [0.25, 0.3) is 0 Å². The molecule has 1 atom stereocenters. The van der Waals surface area contributed by atoms with Crippen LogP contribution in [0.2, 0.25) is 0 Å². The largest absolute Gasteiger partial charge is 0.385 e. The van der Waals surface area contributed by atoms with E-state index in [1.54, 1.807) is 7.11 Å². The maximum atomic E-state index is 5.03. The van der Waals surface area contributed by atoms with Gasteiger partial charge in [-0.3, -0.25) is 0 Å². The van der Waals surface area contributed by atoms with E-state index in [-0.39, 0.29) is 0 Å². The quantitative estimate of drug-likeness (QED) is 0.636. The summed E-state index contributed by atoms with van der Waals surface area (Å²) in [5, 5.41) is 3.44. The predicted molar refractivity (Wildman–Crippen MR) is 48.8 cm³/mol. The summed E-state index contributed by atoms with van der Waals surface area (Å²) in [6.07, 6.45) is 1.11. The molecule has 2 heteroatoms. The van der Waals surface area contributed by atoms with E-state index in [0.717, 1.165) is 19.6 Å². The smallest absolute Gasteiger partial charge is 0.0477 e. The number of hydrogen-bond donors (Lipinski definition) is 1. The van der Waals surface area contributed by atoms with Crippen LogP contribution in [0.15, 0.2) is 0 Å². The molecule has 2 nitrogen and oxygen atoms in total. The first-order valence-electron chi connectivity index (χ1n) is 4.44. The highest BCUT2D eigenvalue weighted by Crippen LogP contribution is 2.05. The van der Waals surface area contributed by atoms with E-state index >= 15 is 0 Å². The first-order chi connectivity index (χ1) is 5.22. The third kappa shape index (κ3) is 5.22. The molecule has 0 saturated carbocycles. The number of rotatable bonds is 6. The zero-order chi connectivity index (χ0) is 8.69. The molecule has 68 valence electrons. The van der Waals surface area contributed by atoms with Crippen LogP contribution in [0, 0.1) is 5.92 Å². The SMILES string of the molecule is CCNC(CCOC)C(C)C. The number of ether oxygens (including phenoxy) is 1. The van der Waals surface area contributed by atoms with Crippen LogP contribution in [0.5, 0.6) is 0 Å². The lowest BCUT2D eigenvalue weighted by atomic mass is 10.0. The van der Waals surface area contributed by atoms with Crippen molar-refractivity contribution in [1.29, 1.82) is 0 Å². The van der Waals surface area contributed by atoms with Crippen LogP contribution in [-0.4, -0.2) is 26.3 Å². The highest BCUT2D eigenvalue weighted by Gasteiger charge is 2.10. The van der Waals surface area contributed by atoms with Gasteiger partial charge in [0.2, 0.25) is 0 Å². The zero-order valence-electron chi connectivity index (χ0n) is 8.18. The standard InChI is InChI=1S/C9H21NO/c1-5-10-9(8(2)3)6-7-11-4/h8-10H,5-7H2,1-4H3. The Morgan fingerprint density at radius 1 is 1.36 bits per heavy atom. The van der Waals surface area contributed by atoms with E-state index < -0.39 is 0 Å². The molecule has 0 aliphatic carbocycles. The van der Waals surface area contributed by atoms with E-state index in [1.807, 2.05) is 0 Å². The van der Waals surface area contributed by atoms with Crippen LogP contribution in [0.25, 0.3) is 0 Å². The Morgan fingerprint density at radius 2 is 2.00 bits per heavy atom. The molecule has 1 N–H and O–H groups in total. The minimum Gasteiger partial charge on any atom is -0.385 e. The molecule has 0 radical (unpaired) electrons.